The van der Waals surface area contributed by atoms with E-state index in [9.17, 15) is 10.1 Å². The lowest BCUT2D eigenvalue weighted by molar-refractivity contribution is -0.384. The van der Waals surface area contributed by atoms with Gasteiger partial charge >= 0.3 is 0 Å². The third kappa shape index (κ3) is 4.00. The van der Waals surface area contributed by atoms with Crippen LogP contribution in [0.25, 0.3) is 11.3 Å². The molecule has 134 valence electrons. The lowest BCUT2D eigenvalue weighted by Crippen LogP contribution is -2.43. The van der Waals surface area contributed by atoms with Gasteiger partial charge in [-0.15, -0.1) is 0 Å². The second kappa shape index (κ2) is 7.67. The third-order valence-corrected chi connectivity index (χ3v) is 4.62. The molecule has 7 heteroatoms. The first-order chi connectivity index (χ1) is 12.1. The Balaban J connectivity index is 1.78. The van der Waals surface area contributed by atoms with Crippen molar-refractivity contribution in [1.29, 1.82) is 0 Å². The van der Waals surface area contributed by atoms with Gasteiger partial charge in [-0.3, -0.25) is 15.0 Å². The normalized spacial score (nSPS) is 18.2. The van der Waals surface area contributed by atoms with Gasteiger partial charge in [0.1, 0.15) is 17.3 Å². The Morgan fingerprint density at radius 2 is 2.24 bits per heavy atom. The summed E-state index contributed by atoms with van der Waals surface area (Å²) < 4.78 is 11.0. The minimum absolute atomic E-state index is 0.0199. The number of nitrogens with one attached hydrogen (secondary N) is 1. The summed E-state index contributed by atoms with van der Waals surface area (Å²) in [4.78, 5) is 13.3. The van der Waals surface area contributed by atoms with Gasteiger partial charge in [-0.1, -0.05) is 0 Å². The lowest BCUT2D eigenvalue weighted by atomic mass is 10.1. The summed E-state index contributed by atoms with van der Waals surface area (Å²) in [7, 11) is 3.47. The highest BCUT2D eigenvalue weighted by molar-refractivity contribution is 5.71. The smallest absolute Gasteiger partial charge is 0.284 e. The van der Waals surface area contributed by atoms with Gasteiger partial charge in [0.25, 0.3) is 5.69 Å². The maximum absolute atomic E-state index is 11.3. The molecule has 1 unspecified atom stereocenters. The van der Waals surface area contributed by atoms with Crippen LogP contribution in [0, 0.1) is 10.1 Å². The molecule has 0 spiro atoms. The van der Waals surface area contributed by atoms with Crippen molar-refractivity contribution < 1.29 is 14.1 Å². The van der Waals surface area contributed by atoms with Crippen LogP contribution in [0.1, 0.15) is 18.6 Å². The summed E-state index contributed by atoms with van der Waals surface area (Å²) in [6, 6.07) is 8.98. The van der Waals surface area contributed by atoms with Gasteiger partial charge in [0.15, 0.2) is 0 Å². The highest BCUT2D eigenvalue weighted by Gasteiger charge is 2.22. The van der Waals surface area contributed by atoms with Gasteiger partial charge in [0, 0.05) is 12.6 Å². The van der Waals surface area contributed by atoms with Crippen LogP contribution in [-0.2, 0) is 6.54 Å². The molecule has 25 heavy (non-hydrogen) atoms. The van der Waals surface area contributed by atoms with Crippen molar-refractivity contribution in [3.63, 3.8) is 0 Å². The molecular weight excluding hydrogens is 322 g/mol. The number of likely N-dealkylation sites (N-methyl/N-ethyl adjacent to an activating group) is 1. The van der Waals surface area contributed by atoms with Gasteiger partial charge in [-0.2, -0.15) is 0 Å². The first-order valence-electron chi connectivity index (χ1n) is 8.42. The maximum Gasteiger partial charge on any atom is 0.284 e. The number of likely N-dealkylation sites (tertiary alicyclic amines) is 1. The Morgan fingerprint density at radius 3 is 2.96 bits per heavy atom. The summed E-state index contributed by atoms with van der Waals surface area (Å²) in [5, 5.41) is 14.7. The molecule has 1 fully saturated rings. The minimum atomic E-state index is -0.414. The lowest BCUT2D eigenvalue weighted by Gasteiger charge is -2.31. The van der Waals surface area contributed by atoms with Crippen LogP contribution >= 0.6 is 0 Å². The summed E-state index contributed by atoms with van der Waals surface area (Å²) in [5.41, 5.74) is 0.442. The van der Waals surface area contributed by atoms with Crippen LogP contribution in [0.2, 0.25) is 0 Å². The van der Waals surface area contributed by atoms with E-state index in [0.717, 1.165) is 25.3 Å². The largest absolute Gasteiger partial charge is 0.497 e. The predicted octanol–water partition coefficient (Wildman–Crippen LogP) is 3.05. The summed E-state index contributed by atoms with van der Waals surface area (Å²) in [5.74, 6) is 1.78. The Labute approximate surface area is 146 Å². The Bertz CT molecular complexity index is 744. The van der Waals surface area contributed by atoms with Crippen LogP contribution in [0.5, 0.6) is 5.75 Å². The molecule has 2 heterocycles. The standard InChI is InChI=1S/C18H23N3O4/c1-19-13-4-3-9-20(11-13)12-15-6-8-18(25-15)16-7-5-14(24-2)10-17(16)21(22)23/h5-8,10,13,19H,3-4,9,11-12H2,1-2H3. The number of hydrogen-bond donors (Lipinski definition) is 1. The maximum atomic E-state index is 11.3. The number of rotatable bonds is 6. The van der Waals surface area contributed by atoms with E-state index < -0.39 is 4.92 Å². The fraction of sp³-hybridized carbons (Fsp3) is 0.444. The van der Waals surface area contributed by atoms with Gasteiger partial charge in [0.2, 0.25) is 0 Å². The molecule has 1 N–H and O–H groups in total. The van der Waals surface area contributed by atoms with E-state index in [1.54, 1.807) is 18.2 Å². The molecule has 1 aliphatic heterocycles. The minimum Gasteiger partial charge on any atom is -0.497 e. The van der Waals surface area contributed by atoms with Crippen LogP contribution in [0.15, 0.2) is 34.7 Å². The number of benzene rings is 1. The molecule has 7 nitrogen and oxygen atoms in total. The van der Waals surface area contributed by atoms with Crippen molar-refractivity contribution in [3.05, 3.63) is 46.2 Å². The second-order valence-corrected chi connectivity index (χ2v) is 6.27. The number of piperidine rings is 1. The second-order valence-electron chi connectivity index (χ2n) is 6.27. The molecular formula is C18H23N3O4. The zero-order valence-corrected chi connectivity index (χ0v) is 14.5. The summed E-state index contributed by atoms with van der Waals surface area (Å²) in [6.07, 6.45) is 2.34. The van der Waals surface area contributed by atoms with Crippen LogP contribution < -0.4 is 10.1 Å². The first-order valence-corrected chi connectivity index (χ1v) is 8.42. The molecule has 0 radical (unpaired) electrons. The first kappa shape index (κ1) is 17.4. The number of nitrogens with zero attached hydrogens (tertiary/aromatic N) is 2. The number of nitro groups is 1. The molecule has 1 aromatic heterocycles. The zero-order chi connectivity index (χ0) is 17.8. The number of ether oxygens (including phenoxy) is 1. The van der Waals surface area contributed by atoms with Crippen molar-refractivity contribution in [3.8, 4) is 17.1 Å². The van der Waals surface area contributed by atoms with Crippen LogP contribution in [0.4, 0.5) is 5.69 Å². The molecule has 0 bridgehead atoms. The van der Waals surface area contributed by atoms with Crippen molar-refractivity contribution in [2.75, 3.05) is 27.2 Å². The highest BCUT2D eigenvalue weighted by Crippen LogP contribution is 2.34. The molecule has 0 saturated carbocycles. The van der Waals surface area contributed by atoms with E-state index in [4.69, 9.17) is 9.15 Å². The summed E-state index contributed by atoms with van der Waals surface area (Å²) >= 11 is 0. The Kier molecular flexibility index (Phi) is 5.35. The van der Waals surface area contributed by atoms with Crippen molar-refractivity contribution in [1.82, 2.24) is 10.2 Å². The highest BCUT2D eigenvalue weighted by atomic mass is 16.6. The summed E-state index contributed by atoms with van der Waals surface area (Å²) in [6.45, 7) is 2.73. The fourth-order valence-corrected chi connectivity index (χ4v) is 3.26. The average Bonchev–Trinajstić information content (AvgIpc) is 3.09. The molecule has 1 aliphatic rings. The number of nitro benzene ring substituents is 1. The van der Waals surface area contributed by atoms with E-state index >= 15 is 0 Å². The van der Waals surface area contributed by atoms with Crippen molar-refractivity contribution in [2.24, 2.45) is 0 Å². The Hall–Kier alpha value is -2.38. The average molecular weight is 345 g/mol. The van der Waals surface area contributed by atoms with Gasteiger partial charge in [0.05, 0.1) is 30.2 Å². The molecule has 2 aromatic rings. The zero-order valence-electron chi connectivity index (χ0n) is 14.5. The van der Waals surface area contributed by atoms with E-state index in [0.29, 0.717) is 29.7 Å². The number of methoxy groups -OCH3 is 1. The Morgan fingerprint density at radius 1 is 1.40 bits per heavy atom. The van der Waals surface area contributed by atoms with E-state index in [1.165, 1.54) is 19.6 Å². The van der Waals surface area contributed by atoms with E-state index in [2.05, 4.69) is 10.2 Å². The predicted molar refractivity (Wildman–Crippen MR) is 94.7 cm³/mol. The number of furan rings is 1. The topological polar surface area (TPSA) is 80.8 Å². The molecule has 0 amide bonds. The van der Waals surface area contributed by atoms with E-state index in [-0.39, 0.29) is 5.69 Å². The number of hydrogen-bond acceptors (Lipinski definition) is 6. The van der Waals surface area contributed by atoms with Crippen molar-refractivity contribution >= 4 is 5.69 Å². The molecule has 0 aliphatic carbocycles. The van der Waals surface area contributed by atoms with Crippen LogP contribution in [-0.4, -0.2) is 43.1 Å². The molecule has 1 saturated heterocycles. The molecule has 3 rings (SSSR count). The fourth-order valence-electron chi connectivity index (χ4n) is 3.26. The third-order valence-electron chi connectivity index (χ3n) is 4.62. The van der Waals surface area contributed by atoms with E-state index in [1.807, 2.05) is 13.1 Å². The monoisotopic (exact) mass is 345 g/mol. The molecule has 1 aromatic carbocycles. The van der Waals surface area contributed by atoms with Crippen LogP contribution in [0.3, 0.4) is 0 Å². The molecule has 1 atom stereocenters. The van der Waals surface area contributed by atoms with Gasteiger partial charge in [-0.05, 0) is 50.7 Å². The van der Waals surface area contributed by atoms with Gasteiger partial charge in [-0.25, -0.2) is 0 Å². The SMILES string of the molecule is CNC1CCCN(Cc2ccc(-c3ccc(OC)cc3[N+](=O)[O-])o2)C1. The van der Waals surface area contributed by atoms with Gasteiger partial charge < -0.3 is 14.5 Å². The van der Waals surface area contributed by atoms with Crippen molar-refractivity contribution in [2.45, 2.75) is 25.4 Å². The quantitative estimate of drug-likeness (QED) is 0.640.